The van der Waals surface area contributed by atoms with Crippen molar-refractivity contribution in [3.05, 3.63) is 0 Å². The molecular formula is C5H14ClO3P. The van der Waals surface area contributed by atoms with Crippen molar-refractivity contribution in [2.24, 2.45) is 0 Å². The molecular weight excluding hydrogens is 174 g/mol. The number of halogens is 1. The molecule has 0 aromatic rings. The van der Waals surface area contributed by atoms with Crippen molar-refractivity contribution < 1.29 is 14.4 Å². The summed E-state index contributed by atoms with van der Waals surface area (Å²) < 4.78 is 10.2. The Morgan fingerprint density at radius 1 is 1.30 bits per heavy atom. The summed E-state index contributed by atoms with van der Waals surface area (Å²) in [5, 5.41) is 0. The Morgan fingerprint density at radius 2 is 1.80 bits per heavy atom. The molecule has 0 aliphatic heterocycles. The summed E-state index contributed by atoms with van der Waals surface area (Å²) >= 11 is 0. The van der Waals surface area contributed by atoms with Crippen molar-refractivity contribution in [3.63, 3.8) is 0 Å². The largest absolute Gasteiger partial charge is 0.325 e. The molecule has 0 saturated heterocycles. The molecule has 0 saturated carbocycles. The van der Waals surface area contributed by atoms with Gasteiger partial charge >= 0.3 is 7.60 Å². The second kappa shape index (κ2) is 6.17. The van der Waals surface area contributed by atoms with E-state index in [1.54, 1.807) is 0 Å². The number of unbranched alkanes of at least 4 members (excludes halogenated alkanes) is 2. The lowest BCUT2D eigenvalue weighted by molar-refractivity contribution is 0.371. The fourth-order valence-corrected chi connectivity index (χ4v) is 1.20. The minimum absolute atomic E-state index is 0. The molecule has 3 nitrogen and oxygen atoms in total. The average Bonchev–Trinajstić information content (AvgIpc) is 1.63. The van der Waals surface area contributed by atoms with Crippen molar-refractivity contribution >= 4 is 20.0 Å². The smallest absolute Gasteiger partial charge is 0.324 e. The molecule has 0 bridgehead atoms. The third-order valence-corrected chi connectivity index (χ3v) is 1.95. The normalized spacial score (nSPS) is 10.7. The molecule has 0 radical (unpaired) electrons. The van der Waals surface area contributed by atoms with Crippen molar-refractivity contribution in [3.8, 4) is 0 Å². The summed E-state index contributed by atoms with van der Waals surface area (Å²) in [6.45, 7) is 2.00. The fourth-order valence-electron chi connectivity index (χ4n) is 0.568. The Hall–Kier alpha value is 0.440. The van der Waals surface area contributed by atoms with E-state index in [9.17, 15) is 4.57 Å². The van der Waals surface area contributed by atoms with E-state index in [0.717, 1.165) is 12.8 Å². The molecule has 0 aromatic heterocycles. The number of rotatable bonds is 4. The highest BCUT2D eigenvalue weighted by atomic mass is 35.5. The van der Waals surface area contributed by atoms with Crippen LogP contribution in [0.1, 0.15) is 26.2 Å². The fraction of sp³-hybridized carbons (Fsp3) is 1.00. The highest BCUT2D eigenvalue weighted by Gasteiger charge is 2.10. The van der Waals surface area contributed by atoms with Gasteiger partial charge in [-0.15, -0.1) is 12.4 Å². The molecule has 0 aliphatic carbocycles. The molecule has 0 amide bonds. The van der Waals surface area contributed by atoms with E-state index in [-0.39, 0.29) is 18.6 Å². The summed E-state index contributed by atoms with van der Waals surface area (Å²) in [6.07, 6.45) is 2.59. The second-order valence-electron chi connectivity index (χ2n) is 2.10. The summed E-state index contributed by atoms with van der Waals surface area (Å²) in [6, 6.07) is 0. The van der Waals surface area contributed by atoms with Crippen molar-refractivity contribution in [2.45, 2.75) is 26.2 Å². The van der Waals surface area contributed by atoms with Gasteiger partial charge in [0.05, 0.1) is 0 Å². The lowest BCUT2D eigenvalue weighted by atomic mass is 10.3. The minimum Gasteiger partial charge on any atom is -0.324 e. The molecule has 0 fully saturated rings. The maximum absolute atomic E-state index is 10.2. The Labute approximate surface area is 67.4 Å². The number of hydrogen-bond donors (Lipinski definition) is 2. The molecule has 0 heterocycles. The van der Waals surface area contributed by atoms with Crippen LogP contribution in [0.4, 0.5) is 0 Å². The highest BCUT2D eigenvalue weighted by molar-refractivity contribution is 7.51. The summed E-state index contributed by atoms with van der Waals surface area (Å²) in [4.78, 5) is 16.7. The van der Waals surface area contributed by atoms with Crippen LogP contribution in [0.25, 0.3) is 0 Å². The van der Waals surface area contributed by atoms with Gasteiger partial charge in [0.25, 0.3) is 0 Å². The van der Waals surface area contributed by atoms with Crippen LogP contribution in [-0.4, -0.2) is 15.9 Å². The first-order valence-electron chi connectivity index (χ1n) is 3.11. The maximum atomic E-state index is 10.2. The molecule has 0 atom stereocenters. The van der Waals surface area contributed by atoms with Gasteiger partial charge in [-0.1, -0.05) is 19.8 Å². The SMILES string of the molecule is CCCCCP(=O)(O)O.Cl. The van der Waals surface area contributed by atoms with Gasteiger partial charge < -0.3 is 9.79 Å². The topological polar surface area (TPSA) is 57.5 Å². The van der Waals surface area contributed by atoms with Crippen LogP contribution < -0.4 is 0 Å². The first kappa shape index (κ1) is 13.1. The van der Waals surface area contributed by atoms with Gasteiger partial charge in [-0.05, 0) is 6.42 Å². The monoisotopic (exact) mass is 188 g/mol. The summed E-state index contributed by atoms with van der Waals surface area (Å²) in [5.74, 6) is 0. The molecule has 2 N–H and O–H groups in total. The van der Waals surface area contributed by atoms with Crippen LogP contribution in [-0.2, 0) is 4.57 Å². The van der Waals surface area contributed by atoms with Crippen LogP contribution in [0.2, 0.25) is 0 Å². The predicted molar refractivity (Wildman–Crippen MR) is 43.7 cm³/mol. The zero-order chi connectivity index (χ0) is 7.33. The first-order chi connectivity index (χ1) is 4.06. The zero-order valence-electron chi connectivity index (χ0n) is 5.99. The molecule has 0 spiro atoms. The van der Waals surface area contributed by atoms with Crippen LogP contribution in [0, 0.1) is 0 Å². The minimum atomic E-state index is -3.70. The van der Waals surface area contributed by atoms with Crippen molar-refractivity contribution in [1.82, 2.24) is 0 Å². The lowest BCUT2D eigenvalue weighted by Gasteiger charge is -2.00. The maximum Gasteiger partial charge on any atom is 0.325 e. The van der Waals surface area contributed by atoms with E-state index in [1.165, 1.54) is 0 Å². The van der Waals surface area contributed by atoms with E-state index >= 15 is 0 Å². The van der Waals surface area contributed by atoms with Crippen molar-refractivity contribution in [1.29, 1.82) is 0 Å². The molecule has 0 aliphatic rings. The number of hydrogen-bond acceptors (Lipinski definition) is 1. The van der Waals surface area contributed by atoms with Crippen LogP contribution in [0.3, 0.4) is 0 Å². The van der Waals surface area contributed by atoms with Gasteiger partial charge in [0.1, 0.15) is 0 Å². The summed E-state index contributed by atoms with van der Waals surface area (Å²) in [5.41, 5.74) is 0. The Bertz CT molecular complexity index is 111. The van der Waals surface area contributed by atoms with E-state index < -0.39 is 7.60 Å². The Balaban J connectivity index is 0. The first-order valence-corrected chi connectivity index (χ1v) is 4.90. The lowest BCUT2D eigenvalue weighted by Crippen LogP contribution is -1.86. The van der Waals surface area contributed by atoms with Gasteiger partial charge in [0.2, 0.25) is 0 Å². The molecule has 64 valence electrons. The predicted octanol–water partition coefficient (Wildman–Crippen LogP) is 1.78. The molecule has 10 heavy (non-hydrogen) atoms. The molecule has 0 unspecified atom stereocenters. The third-order valence-electron chi connectivity index (χ3n) is 1.05. The van der Waals surface area contributed by atoms with Crippen LogP contribution >= 0.6 is 20.0 Å². The molecule has 0 rings (SSSR count). The van der Waals surface area contributed by atoms with Gasteiger partial charge in [-0.3, -0.25) is 4.57 Å². The van der Waals surface area contributed by atoms with E-state index in [1.807, 2.05) is 6.92 Å². The van der Waals surface area contributed by atoms with Gasteiger partial charge in [0.15, 0.2) is 0 Å². The standard InChI is InChI=1S/C5H13O3P.ClH/c1-2-3-4-5-9(6,7)8;/h2-5H2,1H3,(H2,6,7,8);1H. The van der Waals surface area contributed by atoms with Crippen molar-refractivity contribution in [2.75, 3.05) is 6.16 Å². The average molecular weight is 189 g/mol. The molecule has 0 aromatic carbocycles. The van der Waals surface area contributed by atoms with E-state index in [4.69, 9.17) is 9.79 Å². The second-order valence-corrected chi connectivity index (χ2v) is 3.87. The van der Waals surface area contributed by atoms with E-state index in [0.29, 0.717) is 6.42 Å². The summed E-state index contributed by atoms with van der Waals surface area (Å²) in [7, 11) is -3.70. The molecule has 5 heteroatoms. The highest BCUT2D eigenvalue weighted by Crippen LogP contribution is 2.35. The van der Waals surface area contributed by atoms with Gasteiger partial charge in [-0.25, -0.2) is 0 Å². The Morgan fingerprint density at radius 3 is 2.10 bits per heavy atom. The van der Waals surface area contributed by atoms with Gasteiger partial charge in [-0.2, -0.15) is 0 Å². The van der Waals surface area contributed by atoms with E-state index in [2.05, 4.69) is 0 Å². The third kappa shape index (κ3) is 11.3. The Kier molecular flexibility index (Phi) is 8.06. The van der Waals surface area contributed by atoms with Gasteiger partial charge in [0, 0.05) is 6.16 Å². The van der Waals surface area contributed by atoms with Crippen LogP contribution in [0.5, 0.6) is 0 Å². The quantitative estimate of drug-likeness (QED) is 0.522. The van der Waals surface area contributed by atoms with Crippen LogP contribution in [0.15, 0.2) is 0 Å². The zero-order valence-corrected chi connectivity index (χ0v) is 7.70.